The number of hydrogen-bond acceptors (Lipinski definition) is 5. The van der Waals surface area contributed by atoms with Crippen LogP contribution < -0.4 is 0 Å². The van der Waals surface area contributed by atoms with E-state index in [4.69, 9.17) is 16.3 Å². The summed E-state index contributed by atoms with van der Waals surface area (Å²) in [6.45, 7) is 3.10. The van der Waals surface area contributed by atoms with Crippen LogP contribution in [0, 0.1) is 0 Å². The second-order valence-corrected chi connectivity index (χ2v) is 5.75. The summed E-state index contributed by atoms with van der Waals surface area (Å²) < 4.78 is 6.01. The minimum Gasteiger partial charge on any atom is -0.465 e. The number of benzene rings is 1. The van der Waals surface area contributed by atoms with E-state index in [2.05, 4.69) is 4.98 Å². The molecule has 0 spiro atoms. The highest BCUT2D eigenvalue weighted by molar-refractivity contribution is 7.18. The van der Waals surface area contributed by atoms with Crippen LogP contribution in [0.2, 0.25) is 5.02 Å². The highest BCUT2D eigenvalue weighted by Gasteiger charge is 2.11. The smallest absolute Gasteiger partial charge is 0.320 e. The standard InChI is InChI=1S/C13H15ClN2O2S/c1-3-18-13(17)8-16(2)7-12-15-10-6-9(14)4-5-11(10)19-12/h4-6H,3,7-8H2,1-2H3. The SMILES string of the molecule is CCOC(=O)CN(C)Cc1nc2cc(Cl)ccc2s1. The van der Waals surface area contributed by atoms with Crippen LogP contribution in [0.4, 0.5) is 0 Å². The summed E-state index contributed by atoms with van der Waals surface area (Å²) in [5.41, 5.74) is 0.900. The average molecular weight is 299 g/mol. The van der Waals surface area contributed by atoms with Gasteiger partial charge in [-0.25, -0.2) is 4.98 Å². The van der Waals surface area contributed by atoms with Crippen molar-refractivity contribution in [3.63, 3.8) is 0 Å². The largest absolute Gasteiger partial charge is 0.465 e. The van der Waals surface area contributed by atoms with Crippen molar-refractivity contribution < 1.29 is 9.53 Å². The van der Waals surface area contributed by atoms with E-state index in [1.165, 1.54) is 0 Å². The maximum Gasteiger partial charge on any atom is 0.320 e. The molecule has 0 radical (unpaired) electrons. The summed E-state index contributed by atoms with van der Waals surface area (Å²) in [7, 11) is 1.87. The van der Waals surface area contributed by atoms with Crippen molar-refractivity contribution in [2.45, 2.75) is 13.5 Å². The van der Waals surface area contributed by atoms with Gasteiger partial charge in [0.15, 0.2) is 0 Å². The third kappa shape index (κ3) is 3.89. The van der Waals surface area contributed by atoms with Crippen molar-refractivity contribution in [2.75, 3.05) is 20.2 Å². The summed E-state index contributed by atoms with van der Waals surface area (Å²) >= 11 is 7.54. The van der Waals surface area contributed by atoms with E-state index >= 15 is 0 Å². The number of hydrogen-bond donors (Lipinski definition) is 0. The molecule has 0 saturated heterocycles. The molecule has 6 heteroatoms. The molecule has 0 saturated carbocycles. The average Bonchev–Trinajstić information content (AvgIpc) is 2.70. The lowest BCUT2D eigenvalue weighted by atomic mass is 10.3. The van der Waals surface area contributed by atoms with Crippen molar-refractivity contribution in [3.8, 4) is 0 Å². The number of halogens is 1. The molecule has 0 aliphatic rings. The number of ether oxygens (including phenoxy) is 1. The molecule has 4 nitrogen and oxygen atoms in total. The summed E-state index contributed by atoms with van der Waals surface area (Å²) in [6, 6.07) is 5.67. The number of thiazole rings is 1. The fourth-order valence-electron chi connectivity index (χ4n) is 1.73. The van der Waals surface area contributed by atoms with Gasteiger partial charge in [-0.2, -0.15) is 0 Å². The molecule has 102 valence electrons. The van der Waals surface area contributed by atoms with E-state index in [9.17, 15) is 4.79 Å². The van der Waals surface area contributed by atoms with Gasteiger partial charge in [0.1, 0.15) is 5.01 Å². The van der Waals surface area contributed by atoms with Gasteiger partial charge in [-0.05, 0) is 32.2 Å². The first-order chi connectivity index (χ1) is 9.08. The number of rotatable bonds is 5. The molecule has 0 aliphatic carbocycles. The summed E-state index contributed by atoms with van der Waals surface area (Å²) in [4.78, 5) is 17.8. The Bertz CT molecular complexity index is 585. The van der Waals surface area contributed by atoms with Crippen molar-refractivity contribution in [1.82, 2.24) is 9.88 Å². The lowest BCUT2D eigenvalue weighted by Gasteiger charge is -2.13. The number of nitrogens with zero attached hydrogens (tertiary/aromatic N) is 2. The number of likely N-dealkylation sites (N-methyl/N-ethyl adjacent to an activating group) is 1. The highest BCUT2D eigenvalue weighted by atomic mass is 35.5. The maximum absolute atomic E-state index is 11.4. The first kappa shape index (κ1) is 14.2. The second kappa shape index (κ2) is 6.32. The Kier molecular flexibility index (Phi) is 4.74. The number of carbonyl (C=O) groups excluding carboxylic acids is 1. The molecule has 1 aromatic heterocycles. The molecule has 0 N–H and O–H groups in total. The fraction of sp³-hybridized carbons (Fsp3) is 0.385. The zero-order valence-corrected chi connectivity index (χ0v) is 12.4. The Morgan fingerprint density at radius 2 is 2.32 bits per heavy atom. The zero-order valence-electron chi connectivity index (χ0n) is 10.9. The van der Waals surface area contributed by atoms with Crippen LogP contribution in [0.15, 0.2) is 18.2 Å². The number of aromatic nitrogens is 1. The third-order valence-corrected chi connectivity index (χ3v) is 3.76. The van der Waals surface area contributed by atoms with Gasteiger partial charge in [0.25, 0.3) is 0 Å². The maximum atomic E-state index is 11.4. The molecular formula is C13H15ClN2O2S. The quantitative estimate of drug-likeness (QED) is 0.796. The lowest BCUT2D eigenvalue weighted by Crippen LogP contribution is -2.26. The Labute approximate surface area is 121 Å². The molecule has 0 atom stereocenters. The zero-order chi connectivity index (χ0) is 13.8. The Balaban J connectivity index is 2.02. The third-order valence-electron chi connectivity index (χ3n) is 2.50. The van der Waals surface area contributed by atoms with Crippen LogP contribution in [0.3, 0.4) is 0 Å². The molecule has 2 aromatic rings. The van der Waals surface area contributed by atoms with E-state index in [1.54, 1.807) is 18.3 Å². The molecule has 0 bridgehead atoms. The van der Waals surface area contributed by atoms with Gasteiger partial charge in [0.05, 0.1) is 29.9 Å². The van der Waals surface area contributed by atoms with Crippen molar-refractivity contribution in [1.29, 1.82) is 0 Å². The van der Waals surface area contributed by atoms with Crippen LogP contribution in [0.25, 0.3) is 10.2 Å². The van der Waals surface area contributed by atoms with Crippen molar-refractivity contribution in [2.24, 2.45) is 0 Å². The van der Waals surface area contributed by atoms with Crippen LogP contribution in [0.5, 0.6) is 0 Å². The number of fused-ring (bicyclic) bond motifs is 1. The van der Waals surface area contributed by atoms with Crippen molar-refractivity contribution >= 4 is 39.1 Å². The van der Waals surface area contributed by atoms with E-state index in [0.29, 0.717) is 18.2 Å². The molecule has 1 heterocycles. The van der Waals surface area contributed by atoms with Gasteiger partial charge < -0.3 is 4.74 Å². The van der Waals surface area contributed by atoms with E-state index in [0.717, 1.165) is 15.2 Å². The van der Waals surface area contributed by atoms with Crippen LogP contribution in [0.1, 0.15) is 11.9 Å². The first-order valence-corrected chi connectivity index (χ1v) is 7.17. The first-order valence-electron chi connectivity index (χ1n) is 5.97. The van der Waals surface area contributed by atoms with Gasteiger partial charge in [0.2, 0.25) is 0 Å². The molecule has 0 fully saturated rings. The van der Waals surface area contributed by atoms with Gasteiger partial charge >= 0.3 is 5.97 Å². The van der Waals surface area contributed by atoms with E-state index in [-0.39, 0.29) is 12.5 Å². The van der Waals surface area contributed by atoms with Gasteiger partial charge in [-0.3, -0.25) is 9.69 Å². The second-order valence-electron chi connectivity index (χ2n) is 4.20. The summed E-state index contributed by atoms with van der Waals surface area (Å²) in [6.07, 6.45) is 0. The Morgan fingerprint density at radius 3 is 3.05 bits per heavy atom. The monoisotopic (exact) mass is 298 g/mol. The topological polar surface area (TPSA) is 42.4 Å². The molecule has 2 rings (SSSR count). The lowest BCUT2D eigenvalue weighted by molar-refractivity contribution is -0.144. The van der Waals surface area contributed by atoms with Crippen LogP contribution in [-0.2, 0) is 16.1 Å². The van der Waals surface area contributed by atoms with Crippen molar-refractivity contribution in [3.05, 3.63) is 28.2 Å². The highest BCUT2D eigenvalue weighted by Crippen LogP contribution is 2.25. The van der Waals surface area contributed by atoms with Crippen LogP contribution in [-0.4, -0.2) is 36.1 Å². The summed E-state index contributed by atoms with van der Waals surface area (Å²) in [5, 5.41) is 1.65. The number of carbonyl (C=O) groups is 1. The minimum atomic E-state index is -0.214. The predicted molar refractivity (Wildman–Crippen MR) is 77.6 cm³/mol. The summed E-state index contributed by atoms with van der Waals surface area (Å²) in [5.74, 6) is -0.214. The molecule has 0 unspecified atom stereocenters. The fourth-order valence-corrected chi connectivity index (χ4v) is 2.92. The Morgan fingerprint density at radius 1 is 1.53 bits per heavy atom. The number of esters is 1. The minimum absolute atomic E-state index is 0.214. The van der Waals surface area contributed by atoms with Crippen LogP contribution >= 0.6 is 22.9 Å². The van der Waals surface area contributed by atoms with E-state index in [1.807, 2.05) is 30.1 Å². The molecule has 1 aromatic carbocycles. The van der Waals surface area contributed by atoms with Gasteiger partial charge in [-0.15, -0.1) is 11.3 Å². The normalized spacial score (nSPS) is 11.2. The Hall–Kier alpha value is -1.17. The van der Waals surface area contributed by atoms with Gasteiger partial charge in [-0.1, -0.05) is 11.6 Å². The molecule has 0 amide bonds. The van der Waals surface area contributed by atoms with Gasteiger partial charge in [0, 0.05) is 5.02 Å². The predicted octanol–water partition coefficient (Wildman–Crippen LogP) is 2.94. The molecule has 19 heavy (non-hydrogen) atoms. The molecular weight excluding hydrogens is 284 g/mol. The van der Waals surface area contributed by atoms with E-state index < -0.39 is 0 Å². The molecule has 0 aliphatic heterocycles.